The third-order valence-corrected chi connectivity index (χ3v) is 5.42. The normalized spacial score (nSPS) is 14.1. The van der Waals surface area contributed by atoms with Crippen molar-refractivity contribution in [3.8, 4) is 0 Å². The molecule has 0 saturated carbocycles. The van der Waals surface area contributed by atoms with Gasteiger partial charge in [0.15, 0.2) is 0 Å². The zero-order chi connectivity index (χ0) is 24.4. The highest BCUT2D eigenvalue weighted by atomic mass is 16.5. The Bertz CT molecular complexity index is 314. The Labute approximate surface area is 198 Å². The quantitative estimate of drug-likeness (QED) is 0.235. The van der Waals surface area contributed by atoms with E-state index in [9.17, 15) is 0 Å². The van der Waals surface area contributed by atoms with Gasteiger partial charge in [-0.25, -0.2) is 0 Å². The number of ether oxygens (including phenoxy) is 1. The van der Waals surface area contributed by atoms with E-state index in [1.807, 2.05) is 0 Å². The second kappa shape index (κ2) is 20.5. The lowest BCUT2D eigenvalue weighted by atomic mass is 10.1. The third kappa shape index (κ3) is 24.4. The molecule has 0 aliphatic heterocycles. The minimum Gasteiger partial charge on any atom is -0.381 e. The van der Waals surface area contributed by atoms with Crippen LogP contribution in [0.2, 0.25) is 0 Å². The van der Waals surface area contributed by atoms with Crippen LogP contribution in [-0.2, 0) is 4.74 Å². The van der Waals surface area contributed by atoms with Gasteiger partial charge in [-0.05, 0) is 35.5 Å². The largest absolute Gasteiger partial charge is 0.381 e. The van der Waals surface area contributed by atoms with Gasteiger partial charge in [-0.15, -0.1) is 0 Å². The Morgan fingerprint density at radius 1 is 0.484 bits per heavy atom. The molecule has 0 aromatic carbocycles. The maximum atomic E-state index is 5.54. The van der Waals surface area contributed by atoms with Crippen LogP contribution in [-0.4, -0.2) is 62.3 Å². The molecule has 0 rings (SSSR count). The second-order valence-electron chi connectivity index (χ2n) is 11.7. The molecule has 190 valence electrons. The van der Waals surface area contributed by atoms with Crippen LogP contribution in [0.3, 0.4) is 0 Å². The average Bonchev–Trinajstić information content (AvgIpc) is 2.64. The highest BCUT2D eigenvalue weighted by molar-refractivity contribution is 4.68. The average molecular weight is 443 g/mol. The van der Waals surface area contributed by atoms with Gasteiger partial charge in [-0.1, -0.05) is 95.9 Å². The van der Waals surface area contributed by atoms with Crippen molar-refractivity contribution < 1.29 is 4.74 Å². The van der Waals surface area contributed by atoms with E-state index in [-0.39, 0.29) is 0 Å². The van der Waals surface area contributed by atoms with Crippen molar-refractivity contribution in [3.05, 3.63) is 0 Å². The predicted molar refractivity (Wildman–Crippen MR) is 142 cm³/mol. The van der Waals surface area contributed by atoms with Crippen LogP contribution in [0.15, 0.2) is 0 Å². The van der Waals surface area contributed by atoms with Crippen molar-refractivity contribution in [1.82, 2.24) is 9.80 Å². The Hall–Kier alpha value is -0.120. The fraction of sp³-hybridized carbons (Fsp3) is 1.00. The van der Waals surface area contributed by atoms with Crippen LogP contribution in [0.1, 0.15) is 95.9 Å². The zero-order valence-electron chi connectivity index (χ0n) is 23.8. The van der Waals surface area contributed by atoms with Gasteiger partial charge in [0.05, 0.1) is 0 Å². The molecule has 0 bridgehead atoms. The maximum Gasteiger partial charge on any atom is 0.0491 e. The van der Waals surface area contributed by atoms with Gasteiger partial charge < -0.3 is 14.5 Å². The molecule has 3 nitrogen and oxygen atoms in total. The Morgan fingerprint density at radius 2 is 0.742 bits per heavy atom. The molecule has 0 aliphatic carbocycles. The molecular formula is C28H62N2O. The Morgan fingerprint density at radius 3 is 0.935 bits per heavy atom. The van der Waals surface area contributed by atoms with Gasteiger partial charge in [-0.3, -0.25) is 0 Å². The molecule has 31 heavy (non-hydrogen) atoms. The molecule has 0 radical (unpaired) electrons. The molecule has 3 heteroatoms. The SMILES string of the molecule is CC(C)CN(CCN(CC(C)C)CC(C)C)CC(C)C.CCC(C)COCC(C)CC. The van der Waals surface area contributed by atoms with Crippen LogP contribution in [0.25, 0.3) is 0 Å². The highest BCUT2D eigenvalue weighted by Gasteiger charge is 2.14. The molecular weight excluding hydrogens is 380 g/mol. The number of nitrogens with zero attached hydrogens (tertiary/aromatic N) is 2. The molecule has 0 spiro atoms. The van der Waals surface area contributed by atoms with E-state index in [2.05, 4.69) is 92.9 Å². The van der Waals surface area contributed by atoms with E-state index in [4.69, 9.17) is 4.74 Å². The van der Waals surface area contributed by atoms with Gasteiger partial charge in [0.25, 0.3) is 0 Å². The molecule has 0 amide bonds. The number of rotatable bonds is 17. The molecule has 0 heterocycles. The summed E-state index contributed by atoms with van der Waals surface area (Å²) in [5, 5.41) is 0. The van der Waals surface area contributed by atoms with Crippen LogP contribution in [0, 0.1) is 35.5 Å². The monoisotopic (exact) mass is 442 g/mol. The third-order valence-electron chi connectivity index (χ3n) is 5.42. The Kier molecular flexibility index (Phi) is 21.8. The summed E-state index contributed by atoms with van der Waals surface area (Å²) in [5.41, 5.74) is 0. The Balaban J connectivity index is 0. The number of hydrogen-bond donors (Lipinski definition) is 0. The molecule has 2 unspecified atom stereocenters. The van der Waals surface area contributed by atoms with E-state index < -0.39 is 0 Å². The van der Waals surface area contributed by atoms with Crippen molar-refractivity contribution in [2.24, 2.45) is 35.5 Å². The summed E-state index contributed by atoms with van der Waals surface area (Å²) in [6.45, 7) is 36.7. The van der Waals surface area contributed by atoms with Crippen molar-refractivity contribution in [2.45, 2.75) is 95.9 Å². The van der Waals surface area contributed by atoms with Gasteiger partial charge >= 0.3 is 0 Å². The summed E-state index contributed by atoms with van der Waals surface area (Å²) in [4.78, 5) is 5.31. The van der Waals surface area contributed by atoms with E-state index >= 15 is 0 Å². The van der Waals surface area contributed by atoms with Crippen molar-refractivity contribution >= 4 is 0 Å². The summed E-state index contributed by atoms with van der Waals surface area (Å²) in [7, 11) is 0. The zero-order valence-corrected chi connectivity index (χ0v) is 23.8. The van der Waals surface area contributed by atoms with Gasteiger partial charge in [0.1, 0.15) is 0 Å². The van der Waals surface area contributed by atoms with Crippen LogP contribution >= 0.6 is 0 Å². The molecule has 0 fully saturated rings. The summed E-state index contributed by atoms with van der Waals surface area (Å²) in [5.74, 6) is 4.49. The predicted octanol–water partition coefficient (Wildman–Crippen LogP) is 7.31. The minimum atomic E-state index is 0.721. The summed E-state index contributed by atoms with van der Waals surface area (Å²) in [6.07, 6.45) is 2.45. The lowest BCUT2D eigenvalue weighted by Gasteiger charge is -2.31. The van der Waals surface area contributed by atoms with Crippen molar-refractivity contribution in [1.29, 1.82) is 0 Å². The maximum absolute atomic E-state index is 5.54. The summed E-state index contributed by atoms with van der Waals surface area (Å²) < 4.78 is 5.54. The topological polar surface area (TPSA) is 15.7 Å². The van der Waals surface area contributed by atoms with Crippen LogP contribution < -0.4 is 0 Å². The van der Waals surface area contributed by atoms with E-state index in [0.29, 0.717) is 0 Å². The first-order valence-corrected chi connectivity index (χ1v) is 13.4. The molecule has 0 aromatic heterocycles. The van der Waals surface area contributed by atoms with E-state index in [0.717, 1.165) is 48.7 Å². The molecule has 0 saturated heterocycles. The lowest BCUT2D eigenvalue weighted by molar-refractivity contribution is 0.0780. The van der Waals surface area contributed by atoms with Crippen molar-refractivity contribution in [2.75, 3.05) is 52.5 Å². The smallest absolute Gasteiger partial charge is 0.0491 e. The molecule has 2 atom stereocenters. The minimum absolute atomic E-state index is 0.721. The standard InChI is InChI=1S/C18H40N2.C10H22O/c1-15(2)11-19(12-16(3)4)9-10-20(13-17(5)6)14-18(7)8;1-5-9(3)7-11-8-10(4)6-2/h15-18H,9-14H2,1-8H3;9-10H,5-8H2,1-4H3. The van der Waals surface area contributed by atoms with E-state index in [1.165, 1.54) is 52.1 Å². The molecule has 0 N–H and O–H groups in total. The van der Waals surface area contributed by atoms with Crippen LogP contribution in [0.4, 0.5) is 0 Å². The first-order chi connectivity index (χ1) is 14.4. The lowest BCUT2D eigenvalue weighted by Crippen LogP contribution is -2.41. The summed E-state index contributed by atoms with van der Waals surface area (Å²) in [6, 6.07) is 0. The fourth-order valence-corrected chi connectivity index (χ4v) is 3.57. The molecule has 0 aromatic rings. The van der Waals surface area contributed by atoms with Crippen LogP contribution in [0.5, 0.6) is 0 Å². The van der Waals surface area contributed by atoms with Gasteiger partial charge in [0, 0.05) is 52.5 Å². The first-order valence-electron chi connectivity index (χ1n) is 13.4. The van der Waals surface area contributed by atoms with Gasteiger partial charge in [-0.2, -0.15) is 0 Å². The van der Waals surface area contributed by atoms with Crippen molar-refractivity contribution in [3.63, 3.8) is 0 Å². The first kappa shape index (κ1) is 33.1. The van der Waals surface area contributed by atoms with E-state index in [1.54, 1.807) is 0 Å². The fourth-order valence-electron chi connectivity index (χ4n) is 3.57. The second-order valence-corrected chi connectivity index (χ2v) is 11.7. The summed E-state index contributed by atoms with van der Waals surface area (Å²) >= 11 is 0. The highest BCUT2D eigenvalue weighted by Crippen LogP contribution is 2.08. The van der Waals surface area contributed by atoms with Gasteiger partial charge in [0.2, 0.25) is 0 Å². The number of hydrogen-bond acceptors (Lipinski definition) is 3. The molecule has 0 aliphatic rings.